The molecular formula is C9H10N4O3. The maximum absolute atomic E-state index is 10.9. The third-order valence-electron chi connectivity index (χ3n) is 2.28. The zero-order chi connectivity index (χ0) is 11.9. The third-order valence-corrected chi connectivity index (χ3v) is 2.28. The average Bonchev–Trinajstić information content (AvgIpc) is 2.55. The SMILES string of the molecule is COc1nc(N)nc2c1cc(C(=O)O)n2C. The van der Waals surface area contributed by atoms with Crippen molar-refractivity contribution in [3.63, 3.8) is 0 Å². The van der Waals surface area contributed by atoms with Gasteiger partial charge in [-0.1, -0.05) is 0 Å². The summed E-state index contributed by atoms with van der Waals surface area (Å²) in [6, 6.07) is 1.45. The molecule has 0 atom stereocenters. The highest BCUT2D eigenvalue weighted by molar-refractivity contribution is 5.95. The molecule has 3 N–H and O–H groups in total. The van der Waals surface area contributed by atoms with Gasteiger partial charge in [-0.15, -0.1) is 0 Å². The van der Waals surface area contributed by atoms with E-state index in [4.69, 9.17) is 15.6 Å². The minimum absolute atomic E-state index is 0.0440. The lowest BCUT2D eigenvalue weighted by molar-refractivity contribution is 0.0687. The van der Waals surface area contributed by atoms with Gasteiger partial charge in [0.25, 0.3) is 0 Å². The molecule has 2 heterocycles. The number of aryl methyl sites for hydroxylation is 1. The molecular weight excluding hydrogens is 212 g/mol. The second kappa shape index (κ2) is 3.37. The Labute approximate surface area is 90.5 Å². The lowest BCUT2D eigenvalue weighted by Crippen LogP contribution is -2.05. The highest BCUT2D eigenvalue weighted by Crippen LogP contribution is 2.25. The van der Waals surface area contributed by atoms with Gasteiger partial charge in [-0.2, -0.15) is 9.97 Å². The van der Waals surface area contributed by atoms with Gasteiger partial charge >= 0.3 is 5.97 Å². The van der Waals surface area contributed by atoms with E-state index in [1.807, 2.05) is 0 Å². The zero-order valence-electron chi connectivity index (χ0n) is 8.76. The van der Waals surface area contributed by atoms with Crippen molar-refractivity contribution in [1.29, 1.82) is 0 Å². The predicted octanol–water partition coefficient (Wildman–Crippen LogP) is 0.257. The van der Waals surface area contributed by atoms with Crippen LogP contribution in [0.2, 0.25) is 0 Å². The van der Waals surface area contributed by atoms with Crippen molar-refractivity contribution in [3.8, 4) is 5.88 Å². The highest BCUT2D eigenvalue weighted by Gasteiger charge is 2.17. The first-order valence-corrected chi connectivity index (χ1v) is 4.44. The highest BCUT2D eigenvalue weighted by atomic mass is 16.5. The number of nitrogens with zero attached hydrogens (tertiary/aromatic N) is 3. The minimum atomic E-state index is -1.04. The fraction of sp³-hybridized carbons (Fsp3) is 0.222. The fourth-order valence-electron chi connectivity index (χ4n) is 1.54. The number of ether oxygens (including phenoxy) is 1. The third kappa shape index (κ3) is 1.33. The number of carboxylic acid groups (broad SMARTS) is 1. The first kappa shape index (κ1) is 10.2. The number of aromatic nitrogens is 3. The Morgan fingerprint density at radius 1 is 1.56 bits per heavy atom. The van der Waals surface area contributed by atoms with E-state index in [1.54, 1.807) is 7.05 Å². The second-order valence-electron chi connectivity index (χ2n) is 3.22. The minimum Gasteiger partial charge on any atom is -0.480 e. The molecule has 2 aromatic rings. The molecule has 0 saturated heterocycles. The predicted molar refractivity (Wildman–Crippen MR) is 56.4 cm³/mol. The monoisotopic (exact) mass is 222 g/mol. The molecule has 0 unspecified atom stereocenters. The van der Waals surface area contributed by atoms with E-state index in [9.17, 15) is 4.79 Å². The number of fused-ring (bicyclic) bond motifs is 1. The van der Waals surface area contributed by atoms with E-state index >= 15 is 0 Å². The summed E-state index contributed by atoms with van der Waals surface area (Å²) >= 11 is 0. The molecule has 7 nitrogen and oxygen atoms in total. The van der Waals surface area contributed by atoms with Crippen LogP contribution in [-0.2, 0) is 7.05 Å². The number of carboxylic acids is 1. The van der Waals surface area contributed by atoms with Crippen LogP contribution in [0.4, 0.5) is 5.95 Å². The Morgan fingerprint density at radius 3 is 2.81 bits per heavy atom. The van der Waals surface area contributed by atoms with Gasteiger partial charge in [-0.25, -0.2) is 4.79 Å². The number of carbonyl (C=O) groups is 1. The lowest BCUT2D eigenvalue weighted by Gasteiger charge is -2.02. The van der Waals surface area contributed by atoms with Gasteiger partial charge in [0, 0.05) is 7.05 Å². The van der Waals surface area contributed by atoms with Crippen LogP contribution < -0.4 is 10.5 Å². The smallest absolute Gasteiger partial charge is 0.352 e. The number of nitrogen functional groups attached to an aromatic ring is 1. The molecule has 16 heavy (non-hydrogen) atoms. The van der Waals surface area contributed by atoms with Crippen molar-refractivity contribution < 1.29 is 14.6 Å². The first-order chi connectivity index (χ1) is 7.54. The zero-order valence-corrected chi connectivity index (χ0v) is 8.76. The van der Waals surface area contributed by atoms with Crippen molar-refractivity contribution in [1.82, 2.24) is 14.5 Å². The lowest BCUT2D eigenvalue weighted by atomic mass is 10.3. The number of aromatic carboxylic acids is 1. The molecule has 84 valence electrons. The molecule has 2 aromatic heterocycles. The Kier molecular flexibility index (Phi) is 2.15. The molecule has 0 amide bonds. The maximum atomic E-state index is 10.9. The molecule has 0 bridgehead atoms. The number of nitrogens with two attached hydrogens (primary N) is 1. The van der Waals surface area contributed by atoms with E-state index in [-0.39, 0.29) is 17.5 Å². The quantitative estimate of drug-likeness (QED) is 0.755. The Hall–Kier alpha value is -2.31. The number of methoxy groups -OCH3 is 1. The van der Waals surface area contributed by atoms with E-state index in [0.717, 1.165) is 0 Å². The van der Waals surface area contributed by atoms with Gasteiger partial charge in [0.05, 0.1) is 12.5 Å². The standard InChI is InChI=1S/C9H10N4O3/c1-13-5(8(14)15)3-4-6(13)11-9(10)12-7(4)16-2/h3H,1-2H3,(H,14,15)(H2,10,11,12). The molecule has 0 aliphatic carbocycles. The van der Waals surface area contributed by atoms with Crippen molar-refractivity contribution in [3.05, 3.63) is 11.8 Å². The molecule has 0 radical (unpaired) electrons. The number of hydrogen-bond donors (Lipinski definition) is 2. The number of rotatable bonds is 2. The summed E-state index contributed by atoms with van der Waals surface area (Å²) in [5, 5.41) is 9.48. The van der Waals surface area contributed by atoms with Crippen LogP contribution in [0.25, 0.3) is 11.0 Å². The largest absolute Gasteiger partial charge is 0.480 e. The van der Waals surface area contributed by atoms with E-state index in [2.05, 4.69) is 9.97 Å². The summed E-state index contributed by atoms with van der Waals surface area (Å²) in [7, 11) is 3.03. The summed E-state index contributed by atoms with van der Waals surface area (Å²) in [5.74, 6) is -0.728. The van der Waals surface area contributed by atoms with Crippen LogP contribution >= 0.6 is 0 Å². The van der Waals surface area contributed by atoms with Crippen molar-refractivity contribution >= 4 is 23.0 Å². The van der Waals surface area contributed by atoms with Gasteiger partial charge < -0.3 is 20.1 Å². The van der Waals surface area contributed by atoms with Crippen LogP contribution in [-0.4, -0.2) is 32.7 Å². The van der Waals surface area contributed by atoms with Crippen LogP contribution in [0.3, 0.4) is 0 Å². The summed E-state index contributed by atoms with van der Waals surface area (Å²) in [6.45, 7) is 0. The molecule has 0 spiro atoms. The van der Waals surface area contributed by atoms with Gasteiger partial charge in [0.2, 0.25) is 11.8 Å². The Bertz CT molecular complexity index is 576. The molecule has 0 aromatic carbocycles. The fourth-order valence-corrected chi connectivity index (χ4v) is 1.54. The van der Waals surface area contributed by atoms with Crippen LogP contribution in [0.5, 0.6) is 5.88 Å². The van der Waals surface area contributed by atoms with E-state index in [1.165, 1.54) is 17.7 Å². The van der Waals surface area contributed by atoms with Crippen molar-refractivity contribution in [2.45, 2.75) is 0 Å². The van der Waals surface area contributed by atoms with Gasteiger partial charge in [0.15, 0.2) is 0 Å². The average molecular weight is 222 g/mol. The normalized spacial score (nSPS) is 10.6. The second-order valence-corrected chi connectivity index (χ2v) is 3.22. The first-order valence-electron chi connectivity index (χ1n) is 4.44. The Balaban J connectivity index is 2.85. The van der Waals surface area contributed by atoms with Crippen molar-refractivity contribution in [2.24, 2.45) is 7.05 Å². The summed E-state index contributed by atoms with van der Waals surface area (Å²) in [5.41, 5.74) is 6.03. The van der Waals surface area contributed by atoms with Crippen LogP contribution in [0.15, 0.2) is 6.07 Å². The summed E-state index contributed by atoms with van der Waals surface area (Å²) < 4.78 is 6.45. The molecule has 7 heteroatoms. The summed E-state index contributed by atoms with van der Waals surface area (Å²) in [6.07, 6.45) is 0. The molecule has 0 aliphatic heterocycles. The van der Waals surface area contributed by atoms with E-state index in [0.29, 0.717) is 11.0 Å². The molecule has 0 fully saturated rings. The maximum Gasteiger partial charge on any atom is 0.352 e. The molecule has 2 rings (SSSR count). The van der Waals surface area contributed by atoms with Crippen molar-refractivity contribution in [2.75, 3.05) is 12.8 Å². The summed E-state index contributed by atoms with van der Waals surface area (Å²) in [4.78, 5) is 18.8. The van der Waals surface area contributed by atoms with Crippen LogP contribution in [0, 0.1) is 0 Å². The van der Waals surface area contributed by atoms with E-state index < -0.39 is 5.97 Å². The van der Waals surface area contributed by atoms with Gasteiger partial charge in [-0.05, 0) is 6.07 Å². The van der Waals surface area contributed by atoms with Crippen LogP contribution in [0.1, 0.15) is 10.5 Å². The number of anilines is 1. The Morgan fingerprint density at radius 2 is 2.25 bits per heavy atom. The topological polar surface area (TPSA) is 103 Å². The molecule has 0 aliphatic rings. The molecule has 0 saturated carbocycles. The van der Waals surface area contributed by atoms with Gasteiger partial charge in [-0.3, -0.25) is 0 Å². The number of hydrogen-bond acceptors (Lipinski definition) is 5. The van der Waals surface area contributed by atoms with Gasteiger partial charge in [0.1, 0.15) is 11.3 Å².